The zero-order chi connectivity index (χ0) is 15.4. The highest BCUT2D eigenvalue weighted by Gasteiger charge is 2.31. The molecule has 0 saturated carbocycles. The zero-order valence-corrected chi connectivity index (χ0v) is 12.5. The Kier molecular flexibility index (Phi) is 5.17. The fourth-order valence-corrected chi connectivity index (χ4v) is 3.04. The van der Waals surface area contributed by atoms with E-state index < -0.39 is 5.97 Å². The zero-order valence-electron chi connectivity index (χ0n) is 12.5. The van der Waals surface area contributed by atoms with Crippen LogP contribution in [-0.2, 0) is 14.4 Å². The highest BCUT2D eigenvalue weighted by molar-refractivity contribution is 5.81. The first-order valence-electron chi connectivity index (χ1n) is 7.46. The van der Waals surface area contributed by atoms with Crippen LogP contribution in [-0.4, -0.2) is 83.4 Å². The van der Waals surface area contributed by atoms with Crippen LogP contribution in [0.3, 0.4) is 0 Å². The molecular weight excluding hydrogens is 274 g/mol. The Hall–Kier alpha value is -1.63. The summed E-state index contributed by atoms with van der Waals surface area (Å²) in [6.45, 7) is 5.17. The molecule has 0 radical (unpaired) electrons. The normalized spacial score (nSPS) is 24.0. The predicted molar refractivity (Wildman–Crippen MR) is 75.6 cm³/mol. The van der Waals surface area contributed by atoms with Crippen LogP contribution in [0, 0.1) is 5.92 Å². The molecule has 2 rings (SSSR count). The molecule has 1 N–H and O–H groups in total. The third kappa shape index (κ3) is 4.17. The van der Waals surface area contributed by atoms with Gasteiger partial charge in [-0.05, 0) is 12.8 Å². The number of amides is 2. The number of piperidine rings is 1. The Balaban J connectivity index is 1.84. The van der Waals surface area contributed by atoms with Gasteiger partial charge in [0.25, 0.3) is 0 Å². The molecule has 2 amide bonds. The predicted octanol–water partition coefficient (Wildman–Crippen LogP) is -0.526. The summed E-state index contributed by atoms with van der Waals surface area (Å²) in [6, 6.07) is 0. The van der Waals surface area contributed by atoms with Gasteiger partial charge in [0.05, 0.1) is 12.5 Å². The van der Waals surface area contributed by atoms with E-state index in [1.54, 1.807) is 4.90 Å². The Morgan fingerprint density at radius 1 is 1.05 bits per heavy atom. The minimum absolute atomic E-state index is 0.0266. The van der Waals surface area contributed by atoms with Gasteiger partial charge in [0.2, 0.25) is 11.8 Å². The maximum Gasteiger partial charge on any atom is 0.317 e. The molecule has 1 atom stereocenters. The molecular formula is C14H23N3O4. The summed E-state index contributed by atoms with van der Waals surface area (Å²) in [5, 5.41) is 8.77. The third-order valence-corrected chi connectivity index (χ3v) is 4.26. The first kappa shape index (κ1) is 15.8. The van der Waals surface area contributed by atoms with E-state index in [0.29, 0.717) is 32.7 Å². The lowest BCUT2D eigenvalue weighted by atomic mass is 9.96. The monoisotopic (exact) mass is 297 g/mol. The number of aliphatic carboxylic acids is 1. The molecule has 7 nitrogen and oxygen atoms in total. The summed E-state index contributed by atoms with van der Waals surface area (Å²) in [4.78, 5) is 40.0. The number of hydrogen-bond acceptors (Lipinski definition) is 4. The van der Waals surface area contributed by atoms with E-state index in [0.717, 1.165) is 19.4 Å². The van der Waals surface area contributed by atoms with Crippen LogP contribution in [0.25, 0.3) is 0 Å². The van der Waals surface area contributed by atoms with Gasteiger partial charge >= 0.3 is 5.97 Å². The second-order valence-corrected chi connectivity index (χ2v) is 5.80. The number of piperazine rings is 1. The number of nitrogens with zero attached hydrogens (tertiary/aromatic N) is 3. The molecule has 118 valence electrons. The highest BCUT2D eigenvalue weighted by Crippen LogP contribution is 2.19. The summed E-state index contributed by atoms with van der Waals surface area (Å²) in [5.41, 5.74) is 0. The third-order valence-electron chi connectivity index (χ3n) is 4.26. The largest absolute Gasteiger partial charge is 0.480 e. The van der Waals surface area contributed by atoms with Gasteiger partial charge in [-0.3, -0.25) is 19.3 Å². The first-order valence-corrected chi connectivity index (χ1v) is 7.46. The van der Waals surface area contributed by atoms with Crippen molar-refractivity contribution in [2.75, 3.05) is 45.8 Å². The summed E-state index contributed by atoms with van der Waals surface area (Å²) < 4.78 is 0. The van der Waals surface area contributed by atoms with Crippen LogP contribution in [0.15, 0.2) is 0 Å². The molecule has 0 aliphatic carbocycles. The molecule has 2 heterocycles. The maximum absolute atomic E-state index is 12.5. The van der Waals surface area contributed by atoms with Crippen molar-refractivity contribution < 1.29 is 19.5 Å². The van der Waals surface area contributed by atoms with Gasteiger partial charge in [0.1, 0.15) is 0 Å². The van der Waals surface area contributed by atoms with Crippen LogP contribution in [0.2, 0.25) is 0 Å². The molecule has 1 unspecified atom stereocenters. The maximum atomic E-state index is 12.5. The number of hydrogen-bond donors (Lipinski definition) is 1. The Morgan fingerprint density at radius 2 is 1.71 bits per heavy atom. The van der Waals surface area contributed by atoms with Crippen LogP contribution in [0.1, 0.15) is 19.8 Å². The molecule has 0 aromatic carbocycles. The van der Waals surface area contributed by atoms with Crippen molar-refractivity contribution in [2.24, 2.45) is 5.92 Å². The van der Waals surface area contributed by atoms with Crippen LogP contribution >= 0.6 is 0 Å². The van der Waals surface area contributed by atoms with E-state index in [1.165, 1.54) is 6.92 Å². The van der Waals surface area contributed by atoms with Crippen molar-refractivity contribution in [2.45, 2.75) is 19.8 Å². The molecule has 0 bridgehead atoms. The number of likely N-dealkylation sites (tertiary alicyclic amines) is 1. The molecule has 21 heavy (non-hydrogen) atoms. The summed E-state index contributed by atoms with van der Waals surface area (Å²) in [6.07, 6.45) is 1.70. The second-order valence-electron chi connectivity index (χ2n) is 5.80. The number of carboxylic acids is 1. The second kappa shape index (κ2) is 6.89. The van der Waals surface area contributed by atoms with Gasteiger partial charge in [-0.1, -0.05) is 0 Å². The molecule has 2 aliphatic rings. The molecule has 2 aliphatic heterocycles. The SMILES string of the molecule is CC(=O)N1CCCC(C(=O)N2CCN(CC(=O)O)CC2)C1. The van der Waals surface area contributed by atoms with Gasteiger partial charge in [0, 0.05) is 46.2 Å². The fraction of sp³-hybridized carbons (Fsp3) is 0.786. The van der Waals surface area contributed by atoms with Gasteiger partial charge < -0.3 is 14.9 Å². The quantitative estimate of drug-likeness (QED) is 0.757. The summed E-state index contributed by atoms with van der Waals surface area (Å²) in [7, 11) is 0. The number of carboxylic acid groups (broad SMARTS) is 1. The Bertz CT molecular complexity index is 418. The van der Waals surface area contributed by atoms with Gasteiger partial charge in [0.15, 0.2) is 0 Å². The minimum Gasteiger partial charge on any atom is -0.480 e. The van der Waals surface area contributed by atoms with Crippen molar-refractivity contribution in [1.82, 2.24) is 14.7 Å². The van der Waals surface area contributed by atoms with E-state index >= 15 is 0 Å². The van der Waals surface area contributed by atoms with Crippen molar-refractivity contribution in [1.29, 1.82) is 0 Å². The van der Waals surface area contributed by atoms with E-state index in [1.807, 2.05) is 9.80 Å². The van der Waals surface area contributed by atoms with Crippen LogP contribution < -0.4 is 0 Å². The number of carbonyl (C=O) groups is 3. The van der Waals surface area contributed by atoms with Gasteiger partial charge in [-0.15, -0.1) is 0 Å². The smallest absolute Gasteiger partial charge is 0.317 e. The van der Waals surface area contributed by atoms with Crippen LogP contribution in [0.4, 0.5) is 0 Å². The highest BCUT2D eigenvalue weighted by atomic mass is 16.4. The lowest BCUT2D eigenvalue weighted by Crippen LogP contribution is -2.53. The van der Waals surface area contributed by atoms with Crippen LogP contribution in [0.5, 0.6) is 0 Å². The Labute approximate surface area is 124 Å². The van der Waals surface area contributed by atoms with Crippen molar-refractivity contribution in [3.05, 3.63) is 0 Å². The van der Waals surface area contributed by atoms with E-state index in [9.17, 15) is 14.4 Å². The standard InChI is InChI=1S/C14H23N3O4/c1-11(18)17-4-2-3-12(9-17)14(21)16-7-5-15(6-8-16)10-13(19)20/h12H,2-10H2,1H3,(H,19,20). The average Bonchev–Trinajstić information content (AvgIpc) is 2.47. The minimum atomic E-state index is -0.834. The average molecular weight is 297 g/mol. The topological polar surface area (TPSA) is 81.2 Å². The molecule has 0 aromatic heterocycles. The Morgan fingerprint density at radius 3 is 2.29 bits per heavy atom. The van der Waals surface area contributed by atoms with E-state index in [2.05, 4.69) is 0 Å². The van der Waals surface area contributed by atoms with E-state index in [4.69, 9.17) is 5.11 Å². The van der Waals surface area contributed by atoms with Crippen molar-refractivity contribution in [3.8, 4) is 0 Å². The lowest BCUT2D eigenvalue weighted by Gasteiger charge is -2.38. The van der Waals surface area contributed by atoms with Gasteiger partial charge in [-0.2, -0.15) is 0 Å². The molecule has 2 saturated heterocycles. The molecule has 0 aromatic rings. The van der Waals surface area contributed by atoms with Crippen molar-refractivity contribution >= 4 is 17.8 Å². The lowest BCUT2D eigenvalue weighted by molar-refractivity contribution is -0.142. The fourth-order valence-electron chi connectivity index (χ4n) is 3.04. The molecule has 2 fully saturated rings. The number of rotatable bonds is 3. The first-order chi connectivity index (χ1) is 9.97. The van der Waals surface area contributed by atoms with E-state index in [-0.39, 0.29) is 24.3 Å². The van der Waals surface area contributed by atoms with Gasteiger partial charge in [-0.25, -0.2) is 0 Å². The molecule has 7 heteroatoms. The van der Waals surface area contributed by atoms with Crippen molar-refractivity contribution in [3.63, 3.8) is 0 Å². The summed E-state index contributed by atoms with van der Waals surface area (Å²) in [5.74, 6) is -0.803. The number of carbonyl (C=O) groups excluding carboxylic acids is 2. The molecule has 0 spiro atoms. The summed E-state index contributed by atoms with van der Waals surface area (Å²) >= 11 is 0.